The van der Waals surface area contributed by atoms with Crippen molar-refractivity contribution in [1.82, 2.24) is 5.32 Å². The van der Waals surface area contributed by atoms with Gasteiger partial charge in [-0.3, -0.25) is 4.99 Å². The summed E-state index contributed by atoms with van der Waals surface area (Å²) in [5, 5.41) is 4.36. The van der Waals surface area contributed by atoms with E-state index in [-0.39, 0.29) is 0 Å². The highest BCUT2D eigenvalue weighted by atomic mass is 32.2. The molecule has 76 valence electrons. The molecule has 1 atom stereocenters. The molecule has 14 heavy (non-hydrogen) atoms. The fourth-order valence-corrected chi connectivity index (χ4v) is 2.12. The molecule has 2 heterocycles. The van der Waals surface area contributed by atoms with Crippen LogP contribution in [0.2, 0.25) is 0 Å². The average molecular weight is 210 g/mol. The average Bonchev–Trinajstić information content (AvgIpc) is 2.70. The molecule has 0 aliphatic carbocycles. The predicted octanol–water partition coefficient (Wildman–Crippen LogP) is 2.11. The van der Waals surface area contributed by atoms with Crippen LogP contribution in [0.3, 0.4) is 0 Å². The van der Waals surface area contributed by atoms with Gasteiger partial charge in [-0.05, 0) is 12.0 Å². The second-order valence-electron chi connectivity index (χ2n) is 3.55. The van der Waals surface area contributed by atoms with E-state index in [9.17, 15) is 0 Å². The van der Waals surface area contributed by atoms with E-state index < -0.39 is 0 Å². The van der Waals surface area contributed by atoms with Gasteiger partial charge in [0.1, 0.15) is 0 Å². The summed E-state index contributed by atoms with van der Waals surface area (Å²) in [7, 11) is 0. The summed E-state index contributed by atoms with van der Waals surface area (Å²) in [5.41, 5.74) is 1.16. The van der Waals surface area contributed by atoms with Crippen molar-refractivity contribution in [3.63, 3.8) is 0 Å². The lowest BCUT2D eigenvalue weighted by Crippen LogP contribution is -2.25. The van der Waals surface area contributed by atoms with Gasteiger partial charge in [0.05, 0.1) is 12.5 Å². The summed E-state index contributed by atoms with van der Waals surface area (Å²) in [6, 6.07) is 1.96. The maximum absolute atomic E-state index is 4.98. The molecule has 0 fully saturated rings. The van der Waals surface area contributed by atoms with E-state index in [0.717, 1.165) is 29.6 Å². The fourth-order valence-electron chi connectivity index (χ4n) is 1.24. The molecule has 1 aromatic rings. The molecule has 0 spiro atoms. The molecule has 0 amide bonds. The lowest BCUT2D eigenvalue weighted by atomic mass is 10.2. The molecule has 1 N–H and O–H groups in total. The maximum Gasteiger partial charge on any atom is 0.156 e. The molecule has 1 unspecified atom stereocenters. The van der Waals surface area contributed by atoms with Gasteiger partial charge in [-0.25, -0.2) is 0 Å². The first-order valence-electron chi connectivity index (χ1n) is 4.77. The first kappa shape index (κ1) is 9.65. The van der Waals surface area contributed by atoms with E-state index in [1.807, 2.05) is 6.07 Å². The monoisotopic (exact) mass is 210 g/mol. The van der Waals surface area contributed by atoms with Gasteiger partial charge < -0.3 is 9.73 Å². The van der Waals surface area contributed by atoms with Crippen molar-refractivity contribution in [2.24, 2.45) is 10.9 Å². The van der Waals surface area contributed by atoms with Gasteiger partial charge in [-0.1, -0.05) is 18.7 Å². The zero-order valence-electron chi connectivity index (χ0n) is 8.19. The van der Waals surface area contributed by atoms with Gasteiger partial charge in [0.25, 0.3) is 0 Å². The second-order valence-corrected chi connectivity index (χ2v) is 4.56. The molecular formula is C10H14N2OS. The van der Waals surface area contributed by atoms with Crippen LogP contribution in [0.5, 0.6) is 0 Å². The third kappa shape index (κ3) is 2.54. The van der Waals surface area contributed by atoms with Gasteiger partial charge in [0.15, 0.2) is 5.17 Å². The molecule has 3 nitrogen and oxygen atoms in total. The number of hydrogen-bond acceptors (Lipinski definition) is 4. The van der Waals surface area contributed by atoms with E-state index in [0.29, 0.717) is 5.92 Å². The number of hydrogen-bond donors (Lipinski definition) is 1. The number of rotatable bonds is 2. The number of aliphatic imine (C=N–C) groups is 1. The van der Waals surface area contributed by atoms with Gasteiger partial charge in [-0.2, -0.15) is 0 Å². The molecule has 2 rings (SSSR count). The lowest BCUT2D eigenvalue weighted by molar-refractivity contribution is 0.563. The Balaban J connectivity index is 1.81. The first-order valence-corrected chi connectivity index (χ1v) is 5.75. The maximum atomic E-state index is 4.98. The van der Waals surface area contributed by atoms with Crippen LogP contribution in [0.25, 0.3) is 0 Å². The smallest absolute Gasteiger partial charge is 0.156 e. The van der Waals surface area contributed by atoms with Crippen LogP contribution in [-0.2, 0) is 6.54 Å². The molecule has 1 aliphatic heterocycles. The molecule has 0 radical (unpaired) electrons. The van der Waals surface area contributed by atoms with Crippen molar-refractivity contribution in [2.75, 3.05) is 12.3 Å². The van der Waals surface area contributed by atoms with Gasteiger partial charge >= 0.3 is 0 Å². The number of thioether (sulfide) groups is 1. The topological polar surface area (TPSA) is 37.5 Å². The lowest BCUT2D eigenvalue weighted by Gasteiger charge is -2.17. The molecule has 0 saturated heterocycles. The van der Waals surface area contributed by atoms with Crippen molar-refractivity contribution in [3.05, 3.63) is 24.2 Å². The molecule has 1 aliphatic rings. The minimum atomic E-state index is 0.708. The van der Waals surface area contributed by atoms with Crippen LogP contribution in [0.1, 0.15) is 12.5 Å². The molecule has 0 saturated carbocycles. The van der Waals surface area contributed by atoms with Crippen molar-refractivity contribution >= 4 is 16.9 Å². The van der Waals surface area contributed by atoms with Gasteiger partial charge in [0, 0.05) is 24.4 Å². The van der Waals surface area contributed by atoms with Crippen LogP contribution in [-0.4, -0.2) is 17.5 Å². The highest BCUT2D eigenvalue weighted by molar-refractivity contribution is 8.13. The van der Waals surface area contributed by atoms with Crippen molar-refractivity contribution in [2.45, 2.75) is 13.5 Å². The third-order valence-electron chi connectivity index (χ3n) is 2.07. The van der Waals surface area contributed by atoms with Crippen molar-refractivity contribution in [1.29, 1.82) is 0 Å². The summed E-state index contributed by atoms with van der Waals surface area (Å²) < 4.78 is 4.98. The van der Waals surface area contributed by atoms with E-state index in [1.165, 1.54) is 0 Å². The Bertz CT molecular complexity index is 308. The number of furan rings is 1. The molecule has 1 aromatic heterocycles. The summed E-state index contributed by atoms with van der Waals surface area (Å²) in [4.78, 5) is 4.45. The van der Waals surface area contributed by atoms with Crippen LogP contribution < -0.4 is 5.32 Å². The Morgan fingerprint density at radius 2 is 2.64 bits per heavy atom. The Morgan fingerprint density at radius 1 is 1.71 bits per heavy atom. The van der Waals surface area contributed by atoms with E-state index in [2.05, 4.69) is 17.2 Å². The summed E-state index contributed by atoms with van der Waals surface area (Å²) in [5.74, 6) is 1.87. The van der Waals surface area contributed by atoms with Crippen molar-refractivity contribution < 1.29 is 4.42 Å². The zero-order valence-corrected chi connectivity index (χ0v) is 9.01. The SMILES string of the molecule is CC1CN=C(NCc2ccoc2)SC1. The molecule has 0 bridgehead atoms. The first-order chi connectivity index (χ1) is 6.84. The Labute approximate surface area is 88.0 Å². The van der Waals surface area contributed by atoms with E-state index in [4.69, 9.17) is 4.42 Å². The third-order valence-corrected chi connectivity index (χ3v) is 3.36. The van der Waals surface area contributed by atoms with Crippen LogP contribution in [0.4, 0.5) is 0 Å². The zero-order chi connectivity index (χ0) is 9.80. The van der Waals surface area contributed by atoms with E-state index in [1.54, 1.807) is 24.3 Å². The van der Waals surface area contributed by atoms with Crippen LogP contribution >= 0.6 is 11.8 Å². The number of nitrogens with zero attached hydrogens (tertiary/aromatic N) is 1. The van der Waals surface area contributed by atoms with Crippen LogP contribution in [0, 0.1) is 5.92 Å². The highest BCUT2D eigenvalue weighted by Gasteiger charge is 2.11. The van der Waals surface area contributed by atoms with Crippen LogP contribution in [0.15, 0.2) is 28.0 Å². The quantitative estimate of drug-likeness (QED) is 0.812. The summed E-state index contributed by atoms with van der Waals surface area (Å²) >= 11 is 1.80. The Kier molecular flexibility index (Phi) is 3.14. The Morgan fingerprint density at radius 3 is 3.29 bits per heavy atom. The van der Waals surface area contributed by atoms with Crippen molar-refractivity contribution in [3.8, 4) is 0 Å². The summed E-state index contributed by atoms with van der Waals surface area (Å²) in [6.07, 6.45) is 3.44. The highest BCUT2D eigenvalue weighted by Crippen LogP contribution is 2.15. The minimum Gasteiger partial charge on any atom is -0.472 e. The number of amidine groups is 1. The van der Waals surface area contributed by atoms with Gasteiger partial charge in [-0.15, -0.1) is 0 Å². The molecular weight excluding hydrogens is 196 g/mol. The largest absolute Gasteiger partial charge is 0.472 e. The second kappa shape index (κ2) is 4.55. The number of nitrogens with one attached hydrogen (secondary N) is 1. The Hall–Kier alpha value is -0.900. The normalized spacial score (nSPS) is 21.8. The minimum absolute atomic E-state index is 0.708. The van der Waals surface area contributed by atoms with E-state index >= 15 is 0 Å². The fraction of sp³-hybridized carbons (Fsp3) is 0.500. The standard InChI is InChI=1S/C10H14N2OS/c1-8-4-11-10(14-7-8)12-5-9-2-3-13-6-9/h2-3,6,8H,4-5,7H2,1H3,(H,11,12). The van der Waals surface area contributed by atoms with Gasteiger partial charge in [0.2, 0.25) is 0 Å². The summed E-state index contributed by atoms with van der Waals surface area (Å²) in [6.45, 7) is 3.97. The predicted molar refractivity (Wildman–Crippen MR) is 59.5 cm³/mol. The molecule has 0 aromatic carbocycles. The molecule has 4 heteroatoms.